The highest BCUT2D eigenvalue weighted by Gasteiger charge is 2.06. The molecule has 0 aliphatic rings. The molecule has 1 aromatic heterocycles. The fraction of sp³-hybridized carbons (Fsp3) is 0.727. The Morgan fingerprint density at radius 1 is 1.53 bits per heavy atom. The third-order valence-electron chi connectivity index (χ3n) is 2.35. The maximum absolute atomic E-state index is 4.36. The molecule has 1 rings (SSSR count). The molecule has 0 bridgehead atoms. The summed E-state index contributed by atoms with van der Waals surface area (Å²) in [6.07, 6.45) is 4.11. The minimum Gasteiger partial charge on any atom is -0.330 e. The zero-order valence-electron chi connectivity index (χ0n) is 10.1. The van der Waals surface area contributed by atoms with Crippen molar-refractivity contribution in [1.82, 2.24) is 14.9 Å². The summed E-state index contributed by atoms with van der Waals surface area (Å²) >= 11 is 1.87. The van der Waals surface area contributed by atoms with Gasteiger partial charge in [0.05, 0.1) is 5.69 Å². The van der Waals surface area contributed by atoms with Crippen LogP contribution in [0.2, 0.25) is 0 Å². The largest absolute Gasteiger partial charge is 0.330 e. The molecule has 0 aliphatic carbocycles. The Morgan fingerprint density at radius 3 is 2.87 bits per heavy atom. The van der Waals surface area contributed by atoms with Gasteiger partial charge >= 0.3 is 0 Å². The van der Waals surface area contributed by atoms with Crippen molar-refractivity contribution in [3.8, 4) is 0 Å². The number of hydrogen-bond donors (Lipinski definition) is 1. The van der Waals surface area contributed by atoms with Crippen LogP contribution >= 0.6 is 11.8 Å². The average molecular weight is 227 g/mol. The van der Waals surface area contributed by atoms with E-state index in [4.69, 9.17) is 0 Å². The molecular formula is C11H21N3S. The molecule has 0 saturated carbocycles. The molecule has 0 spiro atoms. The molecular weight excluding hydrogens is 206 g/mol. The van der Waals surface area contributed by atoms with E-state index in [-0.39, 0.29) is 0 Å². The first-order valence-corrected chi connectivity index (χ1v) is 6.78. The van der Waals surface area contributed by atoms with Crippen LogP contribution in [-0.4, -0.2) is 27.6 Å². The Labute approximate surface area is 96.7 Å². The van der Waals surface area contributed by atoms with Crippen molar-refractivity contribution in [2.45, 2.75) is 39.9 Å². The molecule has 1 N–H and O–H groups in total. The lowest BCUT2D eigenvalue weighted by Gasteiger charge is -2.12. The van der Waals surface area contributed by atoms with Gasteiger partial charge in [-0.3, -0.25) is 0 Å². The van der Waals surface area contributed by atoms with Gasteiger partial charge in [-0.25, -0.2) is 4.98 Å². The van der Waals surface area contributed by atoms with E-state index in [9.17, 15) is 0 Å². The molecule has 86 valence electrons. The summed E-state index contributed by atoms with van der Waals surface area (Å²) in [5.41, 5.74) is 1.29. The van der Waals surface area contributed by atoms with Gasteiger partial charge in [0, 0.05) is 31.1 Å². The van der Waals surface area contributed by atoms with E-state index >= 15 is 0 Å². The molecule has 3 nitrogen and oxygen atoms in total. The lowest BCUT2D eigenvalue weighted by atomic mass is 10.3. The zero-order chi connectivity index (χ0) is 11.3. The molecule has 0 radical (unpaired) electrons. The minimum absolute atomic E-state index is 0.522. The maximum Gasteiger partial charge on any atom is 0.105 e. The van der Waals surface area contributed by atoms with E-state index in [1.165, 1.54) is 5.69 Å². The van der Waals surface area contributed by atoms with Gasteiger partial charge in [0.1, 0.15) is 5.82 Å². The van der Waals surface area contributed by atoms with E-state index in [1.807, 2.05) is 18.0 Å². The second kappa shape index (κ2) is 6.18. The first-order chi connectivity index (χ1) is 7.15. The molecule has 4 heteroatoms. The summed E-state index contributed by atoms with van der Waals surface area (Å²) in [7, 11) is 0. The summed E-state index contributed by atoms with van der Waals surface area (Å²) in [5, 5.41) is 3.42. The van der Waals surface area contributed by atoms with E-state index < -0.39 is 0 Å². The van der Waals surface area contributed by atoms with Crippen molar-refractivity contribution in [1.29, 1.82) is 0 Å². The quantitative estimate of drug-likeness (QED) is 0.806. The molecule has 0 fully saturated rings. The van der Waals surface area contributed by atoms with Crippen LogP contribution in [0.15, 0.2) is 6.20 Å². The SMILES string of the molecule is CSCCn1c(CNC(C)C)cnc1C. The highest BCUT2D eigenvalue weighted by atomic mass is 32.2. The molecule has 0 amide bonds. The Morgan fingerprint density at radius 2 is 2.27 bits per heavy atom. The Bertz CT molecular complexity index is 294. The second-order valence-electron chi connectivity index (χ2n) is 3.98. The van der Waals surface area contributed by atoms with Gasteiger partial charge in [0.15, 0.2) is 0 Å². The lowest BCUT2D eigenvalue weighted by molar-refractivity contribution is 0.559. The minimum atomic E-state index is 0.522. The normalized spacial score (nSPS) is 11.3. The highest BCUT2D eigenvalue weighted by Crippen LogP contribution is 2.06. The van der Waals surface area contributed by atoms with Crippen LogP contribution < -0.4 is 5.32 Å². The first kappa shape index (κ1) is 12.6. The number of rotatable bonds is 6. The first-order valence-electron chi connectivity index (χ1n) is 5.38. The third kappa shape index (κ3) is 3.87. The Hall–Kier alpha value is -0.480. The number of nitrogens with zero attached hydrogens (tertiary/aromatic N) is 2. The summed E-state index contributed by atoms with van der Waals surface area (Å²) in [5.74, 6) is 2.26. The van der Waals surface area contributed by atoms with Crippen molar-refractivity contribution in [2.75, 3.05) is 12.0 Å². The fourth-order valence-corrected chi connectivity index (χ4v) is 1.82. The van der Waals surface area contributed by atoms with E-state index in [1.54, 1.807) is 0 Å². The topological polar surface area (TPSA) is 29.9 Å². The molecule has 0 saturated heterocycles. The summed E-state index contributed by atoms with van der Waals surface area (Å²) < 4.78 is 2.30. The van der Waals surface area contributed by atoms with Gasteiger partial charge < -0.3 is 9.88 Å². The number of thioether (sulfide) groups is 1. The second-order valence-corrected chi connectivity index (χ2v) is 4.96. The Balaban J connectivity index is 2.61. The van der Waals surface area contributed by atoms with Crippen LogP contribution in [0, 0.1) is 6.92 Å². The van der Waals surface area contributed by atoms with E-state index in [2.05, 4.69) is 41.9 Å². The van der Waals surface area contributed by atoms with Gasteiger partial charge in [0.25, 0.3) is 0 Å². The molecule has 0 aromatic carbocycles. The molecule has 0 atom stereocenters. The predicted molar refractivity (Wildman–Crippen MR) is 67.3 cm³/mol. The van der Waals surface area contributed by atoms with E-state index in [0.29, 0.717) is 6.04 Å². The maximum atomic E-state index is 4.36. The smallest absolute Gasteiger partial charge is 0.105 e. The van der Waals surface area contributed by atoms with Crippen LogP contribution in [0.25, 0.3) is 0 Å². The van der Waals surface area contributed by atoms with Crippen LogP contribution in [0.4, 0.5) is 0 Å². The molecule has 15 heavy (non-hydrogen) atoms. The monoisotopic (exact) mass is 227 g/mol. The van der Waals surface area contributed by atoms with Gasteiger partial charge in [0.2, 0.25) is 0 Å². The van der Waals surface area contributed by atoms with Crippen LogP contribution in [0.1, 0.15) is 25.4 Å². The third-order valence-corrected chi connectivity index (χ3v) is 2.94. The molecule has 1 heterocycles. The average Bonchev–Trinajstić information content (AvgIpc) is 2.53. The van der Waals surface area contributed by atoms with Crippen molar-refractivity contribution in [3.63, 3.8) is 0 Å². The lowest BCUT2D eigenvalue weighted by Crippen LogP contribution is -2.23. The van der Waals surface area contributed by atoms with Gasteiger partial charge in [-0.15, -0.1) is 0 Å². The van der Waals surface area contributed by atoms with Crippen LogP contribution in [0.3, 0.4) is 0 Å². The van der Waals surface area contributed by atoms with Crippen LogP contribution in [0.5, 0.6) is 0 Å². The van der Waals surface area contributed by atoms with E-state index in [0.717, 1.165) is 24.7 Å². The summed E-state index contributed by atoms with van der Waals surface area (Å²) in [6, 6.07) is 0.522. The highest BCUT2D eigenvalue weighted by molar-refractivity contribution is 7.98. The van der Waals surface area contributed by atoms with Gasteiger partial charge in [-0.05, 0) is 13.2 Å². The van der Waals surface area contributed by atoms with Gasteiger partial charge in [-0.2, -0.15) is 11.8 Å². The standard InChI is InChI=1S/C11H21N3S/c1-9(2)12-7-11-8-13-10(3)14(11)5-6-15-4/h8-9,12H,5-7H2,1-4H3. The van der Waals surface area contributed by atoms with Crippen LogP contribution in [-0.2, 0) is 13.1 Å². The summed E-state index contributed by atoms with van der Waals surface area (Å²) in [6.45, 7) is 8.36. The van der Waals surface area contributed by atoms with Crippen molar-refractivity contribution in [2.24, 2.45) is 0 Å². The zero-order valence-corrected chi connectivity index (χ0v) is 10.9. The number of hydrogen-bond acceptors (Lipinski definition) is 3. The Kier molecular flexibility index (Phi) is 5.19. The van der Waals surface area contributed by atoms with Gasteiger partial charge in [-0.1, -0.05) is 13.8 Å². The number of imidazole rings is 1. The molecule has 0 aliphatic heterocycles. The molecule has 1 aromatic rings. The molecule has 0 unspecified atom stereocenters. The number of nitrogens with one attached hydrogen (secondary N) is 1. The number of aryl methyl sites for hydroxylation is 1. The predicted octanol–water partition coefficient (Wildman–Crippen LogP) is 2.05. The van der Waals surface area contributed by atoms with Crippen molar-refractivity contribution in [3.05, 3.63) is 17.7 Å². The number of aromatic nitrogens is 2. The summed E-state index contributed by atoms with van der Waals surface area (Å²) in [4.78, 5) is 4.36. The van der Waals surface area contributed by atoms with Crippen molar-refractivity contribution < 1.29 is 0 Å². The fourth-order valence-electron chi connectivity index (χ4n) is 1.45. The van der Waals surface area contributed by atoms with Crippen molar-refractivity contribution >= 4 is 11.8 Å².